The van der Waals surface area contributed by atoms with Crippen molar-refractivity contribution in [1.29, 1.82) is 0 Å². The average molecular weight is 574 g/mol. The highest BCUT2D eigenvalue weighted by atomic mass is 19.4. The number of nitrogens with one attached hydrogen (secondary N) is 2. The molecule has 0 bridgehead atoms. The second-order valence-electron chi connectivity index (χ2n) is 10.1. The number of halogens is 6. The van der Waals surface area contributed by atoms with E-state index in [4.69, 9.17) is 0 Å². The second kappa shape index (κ2) is 11.8. The lowest BCUT2D eigenvalue weighted by Crippen LogP contribution is -2.48. The Bertz CT molecular complexity index is 1190. The lowest BCUT2D eigenvalue weighted by Gasteiger charge is -2.35. The smallest absolute Gasteiger partial charge is 0.382 e. The third kappa shape index (κ3) is 7.27. The molecule has 2 aliphatic rings. The quantitative estimate of drug-likeness (QED) is 0.246. The number of benzene rings is 2. The molecule has 40 heavy (non-hydrogen) atoms. The Kier molecular flexibility index (Phi) is 8.64. The number of likely N-dealkylation sites (tertiary alicyclic amines) is 1. The molecule has 8 nitrogen and oxygen atoms in total. The van der Waals surface area contributed by atoms with Crippen molar-refractivity contribution in [2.75, 3.05) is 42.9 Å². The summed E-state index contributed by atoms with van der Waals surface area (Å²) in [6.07, 6.45) is -6.68. The Morgan fingerprint density at radius 2 is 1.52 bits per heavy atom. The molecule has 0 saturated carbocycles. The van der Waals surface area contributed by atoms with E-state index in [9.17, 15) is 41.3 Å². The van der Waals surface area contributed by atoms with Crippen LogP contribution in [-0.2, 0) is 12.4 Å². The Labute approximate surface area is 226 Å². The zero-order chi connectivity index (χ0) is 29.1. The maximum absolute atomic E-state index is 13.2. The zero-order valence-electron chi connectivity index (χ0n) is 21.4. The highest BCUT2D eigenvalue weighted by molar-refractivity contribution is 5.74. The minimum Gasteiger partial charge on any atom is -0.382 e. The van der Waals surface area contributed by atoms with Crippen molar-refractivity contribution in [2.24, 2.45) is 5.92 Å². The fraction of sp³-hybridized carbons (Fsp3) is 0.500. The van der Waals surface area contributed by atoms with Crippen LogP contribution in [0.5, 0.6) is 0 Å². The van der Waals surface area contributed by atoms with Crippen LogP contribution in [0.15, 0.2) is 42.5 Å². The number of urea groups is 1. The van der Waals surface area contributed by atoms with Gasteiger partial charge >= 0.3 is 18.4 Å². The van der Waals surface area contributed by atoms with E-state index in [1.54, 1.807) is 4.90 Å². The largest absolute Gasteiger partial charge is 0.423 e. The van der Waals surface area contributed by atoms with E-state index in [-0.39, 0.29) is 23.7 Å². The van der Waals surface area contributed by atoms with Gasteiger partial charge in [-0.05, 0) is 68.0 Å². The van der Waals surface area contributed by atoms with Crippen LogP contribution in [0, 0.1) is 16.0 Å². The predicted molar refractivity (Wildman–Crippen MR) is 136 cm³/mol. The van der Waals surface area contributed by atoms with Gasteiger partial charge in [0.2, 0.25) is 0 Å². The molecule has 4 rings (SSSR count). The number of nitrogens with zero attached hydrogens (tertiary/aromatic N) is 3. The molecule has 0 spiro atoms. The molecule has 0 atom stereocenters. The monoisotopic (exact) mass is 573 g/mol. The van der Waals surface area contributed by atoms with Crippen LogP contribution in [0.4, 0.5) is 48.2 Å². The number of rotatable bonds is 6. The first kappa shape index (κ1) is 29.3. The number of carbonyl (C=O) groups is 1. The van der Waals surface area contributed by atoms with Crippen LogP contribution in [-0.4, -0.2) is 54.6 Å². The predicted octanol–water partition coefficient (Wildman–Crippen LogP) is 6.13. The first-order valence-electron chi connectivity index (χ1n) is 12.9. The molecule has 2 amide bonds. The van der Waals surface area contributed by atoms with Crippen molar-refractivity contribution < 1.29 is 36.1 Å². The molecule has 2 heterocycles. The summed E-state index contributed by atoms with van der Waals surface area (Å²) in [6.45, 7) is 2.61. The van der Waals surface area contributed by atoms with E-state index < -0.39 is 34.1 Å². The molecule has 0 aliphatic carbocycles. The van der Waals surface area contributed by atoms with Gasteiger partial charge in [0.05, 0.1) is 10.5 Å². The summed E-state index contributed by atoms with van der Waals surface area (Å²) in [5, 5.41) is 16.9. The van der Waals surface area contributed by atoms with E-state index in [0.29, 0.717) is 45.6 Å². The molecule has 0 radical (unpaired) electrons. The topological polar surface area (TPSA) is 90.8 Å². The number of nitro groups is 1. The maximum atomic E-state index is 13.2. The van der Waals surface area contributed by atoms with Gasteiger partial charge in [-0.15, -0.1) is 0 Å². The van der Waals surface area contributed by atoms with Crippen molar-refractivity contribution in [3.05, 3.63) is 63.7 Å². The minimum absolute atomic E-state index is 0.128. The molecule has 218 valence electrons. The van der Waals surface area contributed by atoms with Crippen molar-refractivity contribution >= 4 is 23.1 Å². The van der Waals surface area contributed by atoms with Crippen molar-refractivity contribution in [3.63, 3.8) is 0 Å². The van der Waals surface area contributed by atoms with E-state index in [2.05, 4.69) is 10.6 Å². The van der Waals surface area contributed by atoms with Gasteiger partial charge in [-0.1, -0.05) is 0 Å². The van der Waals surface area contributed by atoms with E-state index in [1.807, 2.05) is 4.90 Å². The minimum atomic E-state index is -4.86. The Morgan fingerprint density at radius 3 is 2.08 bits per heavy atom. The van der Waals surface area contributed by atoms with Crippen LogP contribution in [0.1, 0.15) is 36.8 Å². The fourth-order valence-electron chi connectivity index (χ4n) is 5.07. The summed E-state index contributed by atoms with van der Waals surface area (Å²) in [5.74, 6) is 0.235. The molecule has 14 heteroatoms. The van der Waals surface area contributed by atoms with Gasteiger partial charge in [0.15, 0.2) is 0 Å². The zero-order valence-corrected chi connectivity index (χ0v) is 21.4. The van der Waals surface area contributed by atoms with Gasteiger partial charge in [0.25, 0.3) is 5.69 Å². The molecule has 2 aromatic rings. The van der Waals surface area contributed by atoms with Gasteiger partial charge in [-0.2, -0.15) is 26.3 Å². The summed E-state index contributed by atoms with van der Waals surface area (Å²) in [6, 6.07) is 7.50. The maximum Gasteiger partial charge on any atom is 0.423 e. The third-order valence-corrected chi connectivity index (χ3v) is 7.37. The molecule has 2 aromatic carbocycles. The molecule has 2 aliphatic heterocycles. The normalized spacial score (nSPS) is 17.6. The SMILES string of the molecule is O=C(NCC1CCN(c2ccc(C(F)(F)F)cc2)CC1)N1CCC(Nc2ccc([N+](=O)[O-])c(C(F)(F)F)c2)CC1. The third-order valence-electron chi connectivity index (χ3n) is 7.37. The lowest BCUT2D eigenvalue weighted by atomic mass is 9.96. The van der Waals surface area contributed by atoms with Crippen LogP contribution in [0.3, 0.4) is 0 Å². The summed E-state index contributed by atoms with van der Waals surface area (Å²) >= 11 is 0. The number of piperidine rings is 2. The summed E-state index contributed by atoms with van der Waals surface area (Å²) in [4.78, 5) is 26.2. The summed E-state index contributed by atoms with van der Waals surface area (Å²) < 4.78 is 78.1. The molecular formula is C26H29F6N5O3. The van der Waals surface area contributed by atoms with Gasteiger partial charge in [0, 0.05) is 56.2 Å². The van der Waals surface area contributed by atoms with Crippen LogP contribution in [0.25, 0.3) is 0 Å². The average Bonchev–Trinajstić information content (AvgIpc) is 2.91. The number of hydrogen-bond donors (Lipinski definition) is 2. The van der Waals surface area contributed by atoms with Crippen LogP contribution >= 0.6 is 0 Å². The first-order valence-corrected chi connectivity index (χ1v) is 12.9. The van der Waals surface area contributed by atoms with E-state index in [1.165, 1.54) is 18.2 Å². The summed E-state index contributed by atoms with van der Waals surface area (Å²) in [5.41, 5.74) is -2.14. The highest BCUT2D eigenvalue weighted by Crippen LogP contribution is 2.38. The Hall–Kier alpha value is -3.71. The van der Waals surface area contributed by atoms with E-state index in [0.717, 1.165) is 42.8 Å². The van der Waals surface area contributed by atoms with Crippen molar-refractivity contribution in [3.8, 4) is 0 Å². The van der Waals surface area contributed by atoms with Gasteiger partial charge in [0.1, 0.15) is 5.56 Å². The molecular weight excluding hydrogens is 544 g/mol. The fourth-order valence-corrected chi connectivity index (χ4v) is 5.07. The van der Waals surface area contributed by atoms with Gasteiger partial charge < -0.3 is 20.4 Å². The van der Waals surface area contributed by atoms with Crippen molar-refractivity contribution in [2.45, 2.75) is 44.1 Å². The number of amides is 2. The molecule has 2 fully saturated rings. The lowest BCUT2D eigenvalue weighted by molar-refractivity contribution is -0.388. The highest BCUT2D eigenvalue weighted by Gasteiger charge is 2.38. The van der Waals surface area contributed by atoms with Gasteiger partial charge in [-0.3, -0.25) is 10.1 Å². The van der Waals surface area contributed by atoms with Crippen molar-refractivity contribution in [1.82, 2.24) is 10.2 Å². The van der Waals surface area contributed by atoms with E-state index >= 15 is 0 Å². The van der Waals surface area contributed by atoms with Crippen LogP contribution < -0.4 is 15.5 Å². The molecule has 2 N–H and O–H groups in total. The Morgan fingerprint density at radius 1 is 0.900 bits per heavy atom. The second-order valence-corrected chi connectivity index (χ2v) is 10.1. The number of alkyl halides is 6. The standard InChI is InChI=1S/C26H29F6N5O3/c27-25(28,29)18-1-4-21(5-2-18)35-11-7-17(8-12-35)16-33-24(38)36-13-9-19(10-14-36)34-20-3-6-23(37(39)40)22(15-20)26(30,31)32/h1-6,15,17,19,34H,7-14,16H2,(H,33,38). The number of hydrogen-bond acceptors (Lipinski definition) is 5. The summed E-state index contributed by atoms with van der Waals surface area (Å²) in [7, 11) is 0. The Balaban J connectivity index is 1.19. The molecule has 2 saturated heterocycles. The number of anilines is 2. The molecule has 0 aromatic heterocycles. The number of carbonyl (C=O) groups excluding carboxylic acids is 1. The number of nitro benzene ring substituents is 1. The molecule has 0 unspecified atom stereocenters. The first-order chi connectivity index (χ1) is 18.8. The van der Waals surface area contributed by atoms with Gasteiger partial charge in [-0.25, -0.2) is 4.79 Å². The van der Waals surface area contributed by atoms with Crippen LogP contribution in [0.2, 0.25) is 0 Å².